The van der Waals surface area contributed by atoms with E-state index in [-0.39, 0.29) is 0 Å². The summed E-state index contributed by atoms with van der Waals surface area (Å²) in [7, 11) is 2.13. The maximum Gasteiger partial charge on any atom is 0.138 e. The fourth-order valence-electron chi connectivity index (χ4n) is 1.54. The Labute approximate surface area is 98.6 Å². The Hall–Kier alpha value is -0.610. The van der Waals surface area contributed by atoms with Crippen molar-refractivity contribution in [2.24, 2.45) is 0 Å². The number of aryl methyl sites for hydroxylation is 1. The van der Waals surface area contributed by atoms with Gasteiger partial charge in [0.05, 0.1) is 11.9 Å². The highest BCUT2D eigenvalue weighted by Crippen LogP contribution is 2.21. The highest BCUT2D eigenvalue weighted by Gasteiger charge is 2.24. The summed E-state index contributed by atoms with van der Waals surface area (Å²) in [5, 5.41) is 0. The molecule has 0 radical (unpaired) electrons. The molecule has 1 aromatic heterocycles. The first-order valence-electron chi connectivity index (χ1n) is 5.12. The lowest BCUT2D eigenvalue weighted by Crippen LogP contribution is -2.48. The number of nitrogens with zero attached hydrogens (tertiary/aromatic N) is 2. The number of aromatic nitrogens is 1. The van der Waals surface area contributed by atoms with Crippen molar-refractivity contribution in [2.75, 3.05) is 20.2 Å². The lowest BCUT2D eigenvalue weighted by Gasteiger charge is -2.37. The van der Waals surface area contributed by atoms with E-state index in [1.54, 1.807) is 6.20 Å². The van der Waals surface area contributed by atoms with Gasteiger partial charge in [0.15, 0.2) is 0 Å². The van der Waals surface area contributed by atoms with E-state index in [0.717, 1.165) is 22.5 Å². The summed E-state index contributed by atoms with van der Waals surface area (Å²) in [4.78, 5) is 6.54. The fraction of sp³-hybridized carbons (Fsp3) is 0.545. The zero-order valence-corrected chi connectivity index (χ0v) is 10.6. The van der Waals surface area contributed by atoms with Gasteiger partial charge in [-0.05, 0) is 48.9 Å². The van der Waals surface area contributed by atoms with Crippen LogP contribution >= 0.6 is 15.9 Å². The van der Waals surface area contributed by atoms with Gasteiger partial charge in [0.1, 0.15) is 12.4 Å². The quantitative estimate of drug-likeness (QED) is 0.843. The second-order valence-electron chi connectivity index (χ2n) is 3.97. The average molecular weight is 271 g/mol. The van der Waals surface area contributed by atoms with E-state index < -0.39 is 0 Å². The van der Waals surface area contributed by atoms with Crippen LogP contribution in [-0.4, -0.2) is 36.1 Å². The van der Waals surface area contributed by atoms with Crippen LogP contribution in [0.5, 0.6) is 5.75 Å². The van der Waals surface area contributed by atoms with Crippen molar-refractivity contribution in [3.63, 3.8) is 0 Å². The molecule has 0 amide bonds. The minimum atomic E-state index is 0.574. The van der Waals surface area contributed by atoms with Gasteiger partial charge in [0, 0.05) is 10.5 Å². The van der Waals surface area contributed by atoms with E-state index in [4.69, 9.17) is 4.74 Å². The van der Waals surface area contributed by atoms with Crippen LogP contribution in [0.2, 0.25) is 0 Å². The van der Waals surface area contributed by atoms with Crippen molar-refractivity contribution in [3.8, 4) is 5.75 Å². The Kier molecular flexibility index (Phi) is 3.26. The molecule has 0 saturated carbocycles. The van der Waals surface area contributed by atoms with Crippen LogP contribution < -0.4 is 4.74 Å². The molecule has 1 fully saturated rings. The highest BCUT2D eigenvalue weighted by molar-refractivity contribution is 9.10. The van der Waals surface area contributed by atoms with Crippen LogP contribution in [0.1, 0.15) is 12.1 Å². The van der Waals surface area contributed by atoms with Crippen molar-refractivity contribution in [1.82, 2.24) is 9.88 Å². The predicted octanol–water partition coefficient (Wildman–Crippen LogP) is 2.24. The molecule has 0 spiro atoms. The van der Waals surface area contributed by atoms with Crippen molar-refractivity contribution < 1.29 is 4.74 Å². The maximum absolute atomic E-state index is 5.68. The lowest BCUT2D eigenvalue weighted by atomic mass is 10.1. The van der Waals surface area contributed by atoms with Gasteiger partial charge in [0.2, 0.25) is 0 Å². The van der Waals surface area contributed by atoms with Crippen LogP contribution in [0, 0.1) is 6.92 Å². The summed E-state index contributed by atoms with van der Waals surface area (Å²) in [5.74, 6) is 0.841. The molecule has 1 saturated heterocycles. The first kappa shape index (κ1) is 10.9. The molecule has 2 heterocycles. The molecular weight excluding hydrogens is 256 g/mol. The molecule has 0 aromatic carbocycles. The number of halogens is 1. The molecule has 0 N–H and O–H groups in total. The van der Waals surface area contributed by atoms with Crippen molar-refractivity contribution in [2.45, 2.75) is 19.4 Å². The largest absolute Gasteiger partial charge is 0.490 e. The van der Waals surface area contributed by atoms with Crippen LogP contribution in [0.25, 0.3) is 0 Å². The highest BCUT2D eigenvalue weighted by atomic mass is 79.9. The van der Waals surface area contributed by atoms with E-state index in [9.17, 15) is 0 Å². The van der Waals surface area contributed by atoms with Crippen molar-refractivity contribution in [1.29, 1.82) is 0 Å². The number of likely N-dealkylation sites (tertiary alicyclic amines) is 1. The minimum absolute atomic E-state index is 0.574. The molecule has 1 atom stereocenters. The normalized spacial score (nSPS) is 21.1. The third kappa shape index (κ3) is 2.49. The number of ether oxygens (including phenoxy) is 1. The van der Waals surface area contributed by atoms with Gasteiger partial charge in [-0.25, -0.2) is 0 Å². The van der Waals surface area contributed by atoms with Crippen LogP contribution in [0.4, 0.5) is 0 Å². The summed E-state index contributed by atoms with van der Waals surface area (Å²) in [5.41, 5.74) is 0.989. The zero-order valence-electron chi connectivity index (χ0n) is 9.03. The Morgan fingerprint density at radius 3 is 3.00 bits per heavy atom. The Morgan fingerprint density at radius 2 is 2.47 bits per heavy atom. The third-order valence-electron chi connectivity index (χ3n) is 2.88. The second-order valence-corrected chi connectivity index (χ2v) is 4.83. The summed E-state index contributed by atoms with van der Waals surface area (Å²) in [6, 6.07) is 2.55. The van der Waals surface area contributed by atoms with E-state index in [0.29, 0.717) is 6.04 Å². The van der Waals surface area contributed by atoms with E-state index in [1.165, 1.54) is 13.0 Å². The average Bonchev–Trinajstić information content (AvgIpc) is 2.21. The third-order valence-corrected chi connectivity index (χ3v) is 3.68. The molecule has 82 valence electrons. The molecular formula is C11H15BrN2O. The lowest BCUT2D eigenvalue weighted by molar-refractivity contribution is 0.0767. The summed E-state index contributed by atoms with van der Waals surface area (Å²) >= 11 is 3.44. The van der Waals surface area contributed by atoms with Crippen LogP contribution in [-0.2, 0) is 0 Å². The molecule has 3 nitrogen and oxygen atoms in total. The smallest absolute Gasteiger partial charge is 0.138 e. The Bertz CT molecular complexity index is 356. The van der Waals surface area contributed by atoms with E-state index >= 15 is 0 Å². The molecule has 2 rings (SSSR count). The summed E-state index contributed by atoms with van der Waals surface area (Å²) < 4.78 is 6.68. The number of pyridine rings is 1. The minimum Gasteiger partial charge on any atom is -0.490 e. The number of hydrogen-bond acceptors (Lipinski definition) is 3. The summed E-state index contributed by atoms with van der Waals surface area (Å²) in [6.45, 7) is 3.91. The van der Waals surface area contributed by atoms with Gasteiger partial charge in [-0.15, -0.1) is 0 Å². The molecule has 4 heteroatoms. The topological polar surface area (TPSA) is 25.4 Å². The van der Waals surface area contributed by atoms with Crippen molar-refractivity contribution >= 4 is 15.9 Å². The Morgan fingerprint density at radius 1 is 1.67 bits per heavy atom. The first-order chi connectivity index (χ1) is 7.16. The van der Waals surface area contributed by atoms with Gasteiger partial charge in [-0.2, -0.15) is 0 Å². The van der Waals surface area contributed by atoms with Gasteiger partial charge in [-0.3, -0.25) is 9.88 Å². The van der Waals surface area contributed by atoms with Gasteiger partial charge in [0.25, 0.3) is 0 Å². The molecule has 1 aliphatic rings. The van der Waals surface area contributed by atoms with Crippen LogP contribution in [0.3, 0.4) is 0 Å². The molecule has 0 bridgehead atoms. The zero-order chi connectivity index (χ0) is 10.8. The second kappa shape index (κ2) is 4.49. The SMILES string of the molecule is Cc1ncc(OCC2CCN2C)cc1Br. The summed E-state index contributed by atoms with van der Waals surface area (Å²) in [6.07, 6.45) is 3.01. The Balaban J connectivity index is 1.90. The number of rotatable bonds is 3. The number of hydrogen-bond donors (Lipinski definition) is 0. The monoisotopic (exact) mass is 270 g/mol. The van der Waals surface area contributed by atoms with Gasteiger partial charge >= 0.3 is 0 Å². The number of likely N-dealkylation sites (N-methyl/N-ethyl adjacent to an activating group) is 1. The fourth-order valence-corrected chi connectivity index (χ4v) is 1.87. The molecule has 1 aromatic rings. The molecule has 1 unspecified atom stereocenters. The van der Waals surface area contributed by atoms with Crippen molar-refractivity contribution in [3.05, 3.63) is 22.4 Å². The molecule has 0 aliphatic carbocycles. The predicted molar refractivity (Wildman–Crippen MR) is 63.2 cm³/mol. The molecule has 15 heavy (non-hydrogen) atoms. The maximum atomic E-state index is 5.68. The van der Waals surface area contributed by atoms with Gasteiger partial charge < -0.3 is 4.74 Å². The van der Waals surface area contributed by atoms with Gasteiger partial charge in [-0.1, -0.05) is 0 Å². The van der Waals surface area contributed by atoms with Crippen LogP contribution in [0.15, 0.2) is 16.7 Å². The van der Waals surface area contributed by atoms with E-state index in [2.05, 4.69) is 32.9 Å². The molecule has 1 aliphatic heterocycles. The first-order valence-corrected chi connectivity index (χ1v) is 5.91. The van der Waals surface area contributed by atoms with E-state index in [1.807, 2.05) is 13.0 Å². The standard InChI is InChI=1S/C11H15BrN2O/c1-8-11(12)5-10(6-13-8)15-7-9-3-4-14(9)2/h5-6,9H,3-4,7H2,1-2H3.